The summed E-state index contributed by atoms with van der Waals surface area (Å²) in [4.78, 5) is 0. The highest BCUT2D eigenvalue weighted by Gasteiger charge is 2.33. The maximum Gasteiger partial charge on any atom is 0.0501 e. The minimum atomic E-state index is -2.36. The first kappa shape index (κ1) is 29.4. The van der Waals surface area contributed by atoms with Gasteiger partial charge in [0.15, 0.2) is 0 Å². The quantitative estimate of drug-likeness (QED) is 0.198. The van der Waals surface area contributed by atoms with E-state index in [4.69, 9.17) is 4.74 Å². The van der Waals surface area contributed by atoms with Gasteiger partial charge in [-0.15, -0.1) is 0 Å². The minimum Gasteiger partial charge on any atom is -0.287 e. The summed E-state index contributed by atoms with van der Waals surface area (Å²) in [6.45, 7) is 13.8. The predicted octanol–water partition coefficient (Wildman–Crippen LogP) is 7.86. The largest absolute Gasteiger partial charge is 0.287 e. The Labute approximate surface area is 237 Å². The molecule has 0 aliphatic rings. The van der Waals surface area contributed by atoms with Gasteiger partial charge in [-0.3, -0.25) is 9.83 Å². The molecule has 0 bridgehead atoms. The predicted molar refractivity (Wildman–Crippen MR) is 178 cm³/mol. The molecule has 4 aromatic rings. The third kappa shape index (κ3) is 6.58. The van der Waals surface area contributed by atoms with Crippen LogP contribution in [0.25, 0.3) is 0 Å². The highest BCUT2D eigenvalue weighted by Crippen LogP contribution is 2.55. The molecule has 0 unspecified atom stereocenters. The van der Waals surface area contributed by atoms with Gasteiger partial charge in [-0.05, 0) is 52.4 Å². The molecule has 0 heterocycles. The summed E-state index contributed by atoms with van der Waals surface area (Å²) < 4.78 is 5.88. The van der Waals surface area contributed by atoms with E-state index in [1.165, 1.54) is 21.2 Å². The van der Waals surface area contributed by atoms with Crippen molar-refractivity contribution >= 4 is 40.8 Å². The van der Waals surface area contributed by atoms with Crippen LogP contribution >= 0.6 is 14.1 Å². The van der Waals surface area contributed by atoms with Gasteiger partial charge in [0.05, 0.1) is 7.05 Å². The fourth-order valence-electron chi connectivity index (χ4n) is 4.69. The van der Waals surface area contributed by atoms with E-state index in [1.807, 2.05) is 0 Å². The van der Waals surface area contributed by atoms with E-state index in [0.717, 1.165) is 0 Å². The summed E-state index contributed by atoms with van der Waals surface area (Å²) in [6, 6.07) is 44.8. The second kappa shape index (κ2) is 13.1. The second-order valence-corrected chi connectivity index (χ2v) is 17.4. The Morgan fingerprint density at radius 3 is 1.21 bits per heavy atom. The molecule has 0 aliphatic carbocycles. The molecule has 0 radical (unpaired) electrons. The molecule has 39 heavy (non-hydrogen) atoms. The number of nitrogens with one attached hydrogen (secondary N) is 1. The summed E-state index contributed by atoms with van der Waals surface area (Å²) in [5.41, 5.74) is 2.72. The van der Waals surface area contributed by atoms with E-state index in [1.54, 1.807) is 0 Å². The third-order valence-electron chi connectivity index (χ3n) is 7.70. The van der Waals surface area contributed by atoms with Crippen molar-refractivity contribution in [2.24, 2.45) is 16.6 Å². The standard InChI is InChI=1S/C35H44N2P2/c1-28(2)30(5)36-38(32-19-11-7-12-20-32,33-21-13-8-14-22-33)27-39(37-31(6)29(3)4,34-23-15-9-16-24-34)35-25-17-10-18-26-35/h7-31,36H,1-6H3/t30-,31-/m0/s1. The van der Waals surface area contributed by atoms with Crippen LogP contribution in [0.3, 0.4) is 0 Å². The molecule has 2 nitrogen and oxygen atoms in total. The molecule has 0 saturated carbocycles. The molecule has 204 valence electrons. The van der Waals surface area contributed by atoms with Crippen LogP contribution in [-0.2, 0) is 0 Å². The zero-order valence-electron chi connectivity index (χ0n) is 24.3. The van der Waals surface area contributed by atoms with Crippen LogP contribution in [0, 0.1) is 11.8 Å². The van der Waals surface area contributed by atoms with Crippen molar-refractivity contribution in [1.29, 1.82) is 0 Å². The monoisotopic (exact) mass is 554 g/mol. The first-order valence-corrected chi connectivity index (χ1v) is 17.8. The lowest BCUT2D eigenvalue weighted by molar-refractivity contribution is 0.499. The van der Waals surface area contributed by atoms with E-state index in [2.05, 4.69) is 173 Å². The summed E-state index contributed by atoms with van der Waals surface area (Å²) in [5.74, 6) is 0.923. The molecule has 0 amide bonds. The highest BCUT2D eigenvalue weighted by atomic mass is 31.2. The first-order chi connectivity index (χ1) is 18.8. The molecule has 0 fully saturated rings. The summed E-state index contributed by atoms with van der Waals surface area (Å²) >= 11 is 0. The summed E-state index contributed by atoms with van der Waals surface area (Å²) in [6.07, 6.45) is 0. The first-order valence-electron chi connectivity index (χ1n) is 14.2. The van der Waals surface area contributed by atoms with Crippen LogP contribution in [0.5, 0.6) is 0 Å². The lowest BCUT2D eigenvalue weighted by Gasteiger charge is -2.37. The smallest absolute Gasteiger partial charge is 0.0501 e. The normalized spacial score (nSPS) is 13.7. The Hall–Kier alpha value is -2.63. The van der Waals surface area contributed by atoms with E-state index < -0.39 is 14.1 Å². The topological polar surface area (TPSA) is 24.4 Å². The average Bonchev–Trinajstić information content (AvgIpc) is 2.98. The van der Waals surface area contributed by atoms with Gasteiger partial charge >= 0.3 is 0 Å². The maximum absolute atomic E-state index is 5.88. The molecular weight excluding hydrogens is 510 g/mol. The molecule has 0 saturated heterocycles. The molecule has 1 N–H and O–H groups in total. The minimum absolute atomic E-state index is 0.200. The van der Waals surface area contributed by atoms with Crippen LogP contribution < -0.4 is 26.3 Å². The second-order valence-electron chi connectivity index (χ2n) is 11.1. The summed E-state index contributed by atoms with van der Waals surface area (Å²) in [7, 11) is -4.63. The fourth-order valence-corrected chi connectivity index (χ4v) is 14.8. The Morgan fingerprint density at radius 2 is 0.872 bits per heavy atom. The van der Waals surface area contributed by atoms with Gasteiger partial charge in [0, 0.05) is 19.1 Å². The van der Waals surface area contributed by atoms with E-state index >= 15 is 0 Å². The van der Waals surface area contributed by atoms with E-state index in [0.29, 0.717) is 17.9 Å². The Kier molecular flexibility index (Phi) is 9.90. The van der Waals surface area contributed by atoms with Crippen molar-refractivity contribution in [3.05, 3.63) is 121 Å². The van der Waals surface area contributed by atoms with Crippen molar-refractivity contribution in [1.82, 2.24) is 5.09 Å². The maximum atomic E-state index is 5.88. The lowest BCUT2D eigenvalue weighted by Crippen LogP contribution is -2.38. The number of nitrogens with zero attached hydrogens (tertiary/aromatic N) is 1. The number of benzene rings is 4. The SMILES string of the molecule is CC(C)[C@H](C)N=P(C=P(N[C@@H](C)C(C)C)(c1ccccc1)c1ccccc1)(c1ccccc1)c1ccccc1. The number of rotatable bonds is 10. The molecular formula is C35H44N2P2. The lowest BCUT2D eigenvalue weighted by atomic mass is 10.1. The molecule has 4 aromatic carbocycles. The van der Waals surface area contributed by atoms with E-state index in [9.17, 15) is 0 Å². The number of hydrogen-bond acceptors (Lipinski definition) is 2. The van der Waals surface area contributed by atoms with Crippen molar-refractivity contribution in [3.8, 4) is 0 Å². The Balaban J connectivity index is 2.26. The van der Waals surface area contributed by atoms with Gasteiger partial charge < -0.3 is 0 Å². The molecule has 0 aromatic heterocycles. The zero-order chi connectivity index (χ0) is 27.9. The molecule has 2 atom stereocenters. The van der Waals surface area contributed by atoms with Gasteiger partial charge in [0.25, 0.3) is 0 Å². The Morgan fingerprint density at radius 1 is 0.513 bits per heavy atom. The zero-order valence-corrected chi connectivity index (χ0v) is 26.1. The van der Waals surface area contributed by atoms with Gasteiger partial charge in [-0.1, -0.05) is 149 Å². The molecule has 4 heteroatoms. The van der Waals surface area contributed by atoms with Gasteiger partial charge in [0.2, 0.25) is 0 Å². The molecule has 0 aliphatic heterocycles. The highest BCUT2D eigenvalue weighted by molar-refractivity contribution is 8.07. The molecule has 0 spiro atoms. The van der Waals surface area contributed by atoms with Gasteiger partial charge in [-0.2, -0.15) is 0 Å². The summed E-state index contributed by atoms with van der Waals surface area (Å²) in [5, 5.41) is 9.57. The van der Waals surface area contributed by atoms with Crippen molar-refractivity contribution < 1.29 is 0 Å². The van der Waals surface area contributed by atoms with Crippen molar-refractivity contribution in [3.63, 3.8) is 0 Å². The van der Waals surface area contributed by atoms with E-state index in [-0.39, 0.29) is 6.04 Å². The van der Waals surface area contributed by atoms with Gasteiger partial charge in [-0.25, -0.2) is 0 Å². The van der Waals surface area contributed by atoms with Crippen LogP contribution in [0.1, 0.15) is 41.5 Å². The van der Waals surface area contributed by atoms with Crippen LogP contribution in [-0.4, -0.2) is 17.6 Å². The average molecular weight is 555 g/mol. The fraction of sp³-hybridized carbons (Fsp3) is 0.286. The van der Waals surface area contributed by atoms with Crippen LogP contribution in [0.2, 0.25) is 0 Å². The van der Waals surface area contributed by atoms with Gasteiger partial charge in [0.1, 0.15) is 0 Å². The van der Waals surface area contributed by atoms with Crippen LogP contribution in [0.4, 0.5) is 0 Å². The van der Waals surface area contributed by atoms with Crippen molar-refractivity contribution in [2.75, 3.05) is 0 Å². The third-order valence-corrected chi connectivity index (χ3v) is 16.4. The number of hydrogen-bond donors (Lipinski definition) is 1. The molecule has 4 rings (SSSR count). The van der Waals surface area contributed by atoms with Crippen LogP contribution in [0.15, 0.2) is 126 Å². The van der Waals surface area contributed by atoms with Crippen molar-refractivity contribution in [2.45, 2.75) is 53.6 Å². The Bertz CT molecular complexity index is 1330.